The van der Waals surface area contributed by atoms with Gasteiger partial charge < -0.3 is 0 Å². The van der Waals surface area contributed by atoms with E-state index in [1.54, 1.807) is 0 Å². The fraction of sp³-hybridized carbons (Fsp3) is 0.935. The topological polar surface area (TPSA) is 0 Å². The Bertz CT molecular complexity index is 647. The third-order valence-electron chi connectivity index (χ3n) is 11.2. The summed E-state index contributed by atoms with van der Waals surface area (Å²) >= 11 is 0. The minimum absolute atomic E-state index is 0.465. The molecule has 0 N–H and O–H groups in total. The van der Waals surface area contributed by atoms with Gasteiger partial charge in [-0.3, -0.25) is 0 Å². The maximum absolute atomic E-state index is 2.78. The molecule has 0 aromatic heterocycles. The lowest BCUT2D eigenvalue weighted by Gasteiger charge is -2.56. The highest BCUT2D eigenvalue weighted by atomic mass is 14.6. The van der Waals surface area contributed by atoms with Crippen molar-refractivity contribution in [2.24, 2.45) is 64.1 Å². The van der Waals surface area contributed by atoms with Crippen LogP contribution in [0.5, 0.6) is 0 Å². The summed E-state index contributed by atoms with van der Waals surface area (Å²) < 4.78 is 0. The molecule has 0 spiro atoms. The molecule has 9 atom stereocenters. The highest BCUT2D eigenvalue weighted by Crippen LogP contribution is 2.65. The van der Waals surface area contributed by atoms with E-state index >= 15 is 0 Å². The zero-order valence-electron chi connectivity index (χ0n) is 22.3. The van der Waals surface area contributed by atoms with Gasteiger partial charge in [0, 0.05) is 0 Å². The molecular weight excluding hydrogens is 372 g/mol. The molecule has 0 radical (unpaired) electrons. The first-order chi connectivity index (χ1) is 14.5. The van der Waals surface area contributed by atoms with Crippen LogP contribution in [0.25, 0.3) is 0 Å². The van der Waals surface area contributed by atoms with Crippen LogP contribution in [-0.2, 0) is 0 Å². The second-order valence-electron chi connectivity index (χ2n) is 14.5. The van der Waals surface area contributed by atoms with Gasteiger partial charge in [-0.2, -0.15) is 0 Å². The van der Waals surface area contributed by atoms with Crippen molar-refractivity contribution >= 4 is 0 Å². The van der Waals surface area contributed by atoms with Crippen molar-refractivity contribution in [1.82, 2.24) is 0 Å². The maximum Gasteiger partial charge on any atom is -0.0146 e. The second-order valence-corrected chi connectivity index (χ2v) is 14.5. The first-order valence-electron chi connectivity index (χ1n) is 14.2. The summed E-state index contributed by atoms with van der Waals surface area (Å²) in [6.45, 7) is 20.2. The summed E-state index contributed by atoms with van der Waals surface area (Å²) in [6, 6.07) is 0. The zero-order valence-corrected chi connectivity index (χ0v) is 22.3. The number of allylic oxidation sites excluding steroid dienone is 2. The monoisotopic (exact) mass is 426 g/mol. The van der Waals surface area contributed by atoms with Crippen LogP contribution < -0.4 is 0 Å². The van der Waals surface area contributed by atoms with Crippen LogP contribution in [0.2, 0.25) is 0 Å². The number of rotatable bonds is 5. The van der Waals surface area contributed by atoms with Crippen LogP contribution in [0.3, 0.4) is 0 Å². The molecular formula is C31H54. The Hall–Kier alpha value is -0.260. The molecule has 4 aliphatic carbocycles. The predicted molar refractivity (Wildman–Crippen MR) is 136 cm³/mol. The molecule has 31 heavy (non-hydrogen) atoms. The van der Waals surface area contributed by atoms with Crippen LogP contribution in [0.15, 0.2) is 11.6 Å². The van der Waals surface area contributed by atoms with Crippen LogP contribution in [0, 0.1) is 64.1 Å². The third kappa shape index (κ3) is 4.45. The van der Waals surface area contributed by atoms with E-state index in [4.69, 9.17) is 0 Å². The van der Waals surface area contributed by atoms with E-state index in [2.05, 4.69) is 61.5 Å². The normalized spacial score (nSPS) is 43.8. The molecule has 0 saturated heterocycles. The summed E-state index contributed by atoms with van der Waals surface area (Å²) in [5, 5.41) is 0. The first kappa shape index (κ1) is 23.9. The van der Waals surface area contributed by atoms with Crippen molar-refractivity contribution in [2.45, 2.75) is 120 Å². The van der Waals surface area contributed by atoms with E-state index < -0.39 is 0 Å². The fourth-order valence-corrected chi connectivity index (χ4v) is 9.45. The number of fused-ring (bicyclic) bond motifs is 5. The number of hydrogen-bond acceptors (Lipinski definition) is 0. The second kappa shape index (κ2) is 8.83. The molecule has 1 unspecified atom stereocenters. The molecule has 0 aromatic carbocycles. The first-order valence-corrected chi connectivity index (χ1v) is 14.2. The van der Waals surface area contributed by atoms with E-state index in [-0.39, 0.29) is 0 Å². The molecule has 178 valence electrons. The minimum Gasteiger partial charge on any atom is -0.0847 e. The van der Waals surface area contributed by atoms with Gasteiger partial charge >= 0.3 is 0 Å². The molecule has 0 heteroatoms. The Balaban J connectivity index is 1.48. The standard InChI is InChI=1S/C31H54/c1-20(2)10-9-11-21(3)27-14-15-28-25-13-12-23-19-24(30(5,6)7)18-22(4)29(23)26(25)16-17-31(27,28)8/h12,20-22,24-29H,9-11,13-19H2,1-8H3/t21-,22-,24+,25-,26+,27-,28+,29?,31-/m1/s1. The lowest BCUT2D eigenvalue weighted by molar-refractivity contribution is -0.0387. The van der Waals surface area contributed by atoms with E-state index in [1.807, 2.05) is 5.57 Å². The van der Waals surface area contributed by atoms with E-state index in [0.717, 1.165) is 53.3 Å². The average molecular weight is 427 g/mol. The van der Waals surface area contributed by atoms with Crippen molar-refractivity contribution in [1.29, 1.82) is 0 Å². The Labute approximate surface area is 195 Å². The van der Waals surface area contributed by atoms with Crippen LogP contribution in [0.1, 0.15) is 120 Å². The van der Waals surface area contributed by atoms with Crippen LogP contribution >= 0.6 is 0 Å². The molecule has 4 aliphatic rings. The SMILES string of the molecule is CC(C)CCC[C@@H](C)[C@H]1CC[C@H]2[C@@H]3CC=C4C[C@@H](C(C)(C)C)C[C@@H](C)C4[C@H]3CC[C@]12C. The quantitative estimate of drug-likeness (QED) is 0.384. The smallest absolute Gasteiger partial charge is 0.0146 e. The molecule has 0 amide bonds. The summed E-state index contributed by atoms with van der Waals surface area (Å²) in [7, 11) is 0. The van der Waals surface area contributed by atoms with Crippen LogP contribution in [-0.4, -0.2) is 0 Å². The van der Waals surface area contributed by atoms with Gasteiger partial charge in [0.25, 0.3) is 0 Å². The fourth-order valence-electron chi connectivity index (χ4n) is 9.45. The maximum atomic E-state index is 2.78. The summed E-state index contributed by atoms with van der Waals surface area (Å²) in [6.07, 6.45) is 17.5. The highest BCUT2D eigenvalue weighted by molar-refractivity contribution is 5.21. The van der Waals surface area contributed by atoms with Crippen molar-refractivity contribution in [2.75, 3.05) is 0 Å². The van der Waals surface area contributed by atoms with Gasteiger partial charge in [-0.25, -0.2) is 0 Å². The highest BCUT2D eigenvalue weighted by Gasteiger charge is 2.57. The zero-order chi connectivity index (χ0) is 22.6. The van der Waals surface area contributed by atoms with E-state index in [0.29, 0.717) is 10.8 Å². The van der Waals surface area contributed by atoms with Crippen LogP contribution in [0.4, 0.5) is 0 Å². The summed E-state index contributed by atoms with van der Waals surface area (Å²) in [5.41, 5.74) is 2.99. The average Bonchev–Trinajstić information content (AvgIpc) is 3.03. The van der Waals surface area contributed by atoms with Gasteiger partial charge in [0.15, 0.2) is 0 Å². The van der Waals surface area contributed by atoms with Crippen molar-refractivity contribution < 1.29 is 0 Å². The van der Waals surface area contributed by atoms with Crippen molar-refractivity contribution in [3.8, 4) is 0 Å². The molecule has 3 saturated carbocycles. The van der Waals surface area contributed by atoms with Gasteiger partial charge in [0.2, 0.25) is 0 Å². The molecule has 0 nitrogen and oxygen atoms in total. The van der Waals surface area contributed by atoms with Gasteiger partial charge in [-0.1, -0.05) is 86.3 Å². The third-order valence-corrected chi connectivity index (χ3v) is 11.2. The van der Waals surface area contributed by atoms with Crippen molar-refractivity contribution in [3.63, 3.8) is 0 Å². The Kier molecular flexibility index (Phi) is 6.80. The van der Waals surface area contributed by atoms with Gasteiger partial charge in [-0.05, 0) is 109 Å². The molecule has 0 heterocycles. The lowest BCUT2D eigenvalue weighted by atomic mass is 9.48. The minimum atomic E-state index is 0.465. The van der Waals surface area contributed by atoms with Gasteiger partial charge in [0.05, 0.1) is 0 Å². The molecule has 0 aliphatic heterocycles. The predicted octanol–water partition coefficient (Wildman–Crippen LogP) is 9.55. The largest absolute Gasteiger partial charge is 0.0847 e. The molecule has 0 bridgehead atoms. The Morgan fingerprint density at radius 1 is 1.03 bits per heavy atom. The summed E-state index contributed by atoms with van der Waals surface area (Å²) in [5.74, 6) is 8.50. The van der Waals surface area contributed by atoms with E-state index in [1.165, 1.54) is 64.2 Å². The Morgan fingerprint density at radius 2 is 1.77 bits per heavy atom. The van der Waals surface area contributed by atoms with Crippen molar-refractivity contribution in [3.05, 3.63) is 11.6 Å². The molecule has 4 rings (SSSR count). The lowest BCUT2D eigenvalue weighted by Crippen LogP contribution is -2.48. The molecule has 3 fully saturated rings. The van der Waals surface area contributed by atoms with Gasteiger partial charge in [-0.15, -0.1) is 0 Å². The van der Waals surface area contributed by atoms with E-state index in [9.17, 15) is 0 Å². The Morgan fingerprint density at radius 3 is 2.45 bits per heavy atom. The summed E-state index contributed by atoms with van der Waals surface area (Å²) in [4.78, 5) is 0. The van der Waals surface area contributed by atoms with Gasteiger partial charge in [0.1, 0.15) is 0 Å². The number of hydrogen-bond donors (Lipinski definition) is 0. The molecule has 0 aromatic rings.